The summed E-state index contributed by atoms with van der Waals surface area (Å²) in [6.45, 7) is 0. The molecule has 0 atom stereocenters. The Labute approximate surface area is 239 Å². The number of para-hydroxylation sites is 4. The minimum absolute atomic E-state index is 0. The van der Waals surface area contributed by atoms with E-state index < -0.39 is 11.4 Å². The molecule has 0 spiro atoms. The van der Waals surface area contributed by atoms with Crippen LogP contribution >= 0.6 is 11.4 Å². The maximum Gasteiger partial charge on any atom is 2.00 e. The Bertz CT molecular complexity index is 1050. The molecule has 4 aromatic rings. The van der Waals surface area contributed by atoms with Crippen molar-refractivity contribution in [3.05, 3.63) is 121 Å². The maximum atomic E-state index is 5.52. The first-order valence-electron chi connectivity index (χ1n) is 9.92. The summed E-state index contributed by atoms with van der Waals surface area (Å²) < 4.78 is 22.1. The zero-order valence-corrected chi connectivity index (χ0v) is 26.4. The Hall–Kier alpha value is -1.30. The van der Waals surface area contributed by atoms with Gasteiger partial charge in [-0.1, -0.05) is 72.8 Å². The standard InChI is InChI=1S/2C12H11O2PS2.Zn/c2*16-15(17,13-11-7-3-1-4-8-11)14-12-9-5-2-6-10-12;/h2*1-10H,(H,16,17);/q;;+2/p-2. The molecular formula is C24H20O4P2S4Zn. The molecule has 0 bridgehead atoms. The van der Waals surface area contributed by atoms with E-state index in [1.807, 2.05) is 121 Å². The fourth-order valence-electron chi connectivity index (χ4n) is 2.48. The zero-order valence-electron chi connectivity index (χ0n) is 18.4. The predicted molar refractivity (Wildman–Crippen MR) is 152 cm³/mol. The summed E-state index contributed by atoms with van der Waals surface area (Å²) in [5, 5.41) is 0. The van der Waals surface area contributed by atoms with Gasteiger partial charge in [0.15, 0.2) is 11.4 Å². The fraction of sp³-hybridized carbons (Fsp3) is 0. The van der Waals surface area contributed by atoms with Gasteiger partial charge in [-0.3, -0.25) is 0 Å². The van der Waals surface area contributed by atoms with Crippen LogP contribution in [-0.4, -0.2) is 0 Å². The van der Waals surface area contributed by atoms with Crippen molar-refractivity contribution in [3.63, 3.8) is 0 Å². The average Bonchev–Trinajstić information content (AvgIpc) is 2.81. The summed E-state index contributed by atoms with van der Waals surface area (Å²) in [5.41, 5.74) is -5.44. The molecule has 4 aromatic carbocycles. The van der Waals surface area contributed by atoms with E-state index in [4.69, 9.17) is 66.2 Å². The van der Waals surface area contributed by atoms with E-state index in [2.05, 4.69) is 0 Å². The number of rotatable bonds is 8. The fourth-order valence-corrected chi connectivity index (χ4v) is 6.14. The molecule has 0 saturated heterocycles. The first kappa shape index (κ1) is 29.9. The topological polar surface area (TPSA) is 36.9 Å². The van der Waals surface area contributed by atoms with E-state index in [0.717, 1.165) is 0 Å². The van der Waals surface area contributed by atoms with Crippen LogP contribution in [0.3, 0.4) is 0 Å². The van der Waals surface area contributed by atoms with Gasteiger partial charge in [-0.2, -0.15) is 0 Å². The van der Waals surface area contributed by atoms with Gasteiger partial charge in [-0.05, 0) is 72.1 Å². The molecule has 0 aromatic heterocycles. The van der Waals surface area contributed by atoms with Gasteiger partial charge in [0.05, 0.1) is 0 Å². The van der Waals surface area contributed by atoms with Crippen molar-refractivity contribution in [1.29, 1.82) is 0 Å². The first-order valence-corrected chi connectivity index (χ1v) is 17.2. The molecule has 0 amide bonds. The van der Waals surface area contributed by atoms with Crippen molar-refractivity contribution in [2.24, 2.45) is 0 Å². The van der Waals surface area contributed by atoms with Crippen LogP contribution in [0.4, 0.5) is 0 Å². The van der Waals surface area contributed by atoms with Crippen LogP contribution in [0.1, 0.15) is 0 Å². The van der Waals surface area contributed by atoms with Crippen LogP contribution in [0, 0.1) is 0 Å². The van der Waals surface area contributed by atoms with E-state index in [0.29, 0.717) is 23.0 Å². The number of benzene rings is 4. The molecular weight excluding hydrogens is 608 g/mol. The van der Waals surface area contributed by atoms with Crippen LogP contribution in [0.25, 0.3) is 0 Å². The zero-order chi connectivity index (χ0) is 24.3. The largest absolute Gasteiger partial charge is 2.00 e. The summed E-state index contributed by atoms with van der Waals surface area (Å²) >= 11 is 20.8. The van der Waals surface area contributed by atoms with E-state index in [9.17, 15) is 0 Å². The van der Waals surface area contributed by atoms with E-state index in [-0.39, 0.29) is 19.5 Å². The predicted octanol–water partition coefficient (Wildman–Crippen LogP) is 7.83. The molecule has 0 aliphatic rings. The van der Waals surface area contributed by atoms with E-state index >= 15 is 0 Å². The Morgan fingerprint density at radius 1 is 0.400 bits per heavy atom. The molecule has 4 rings (SSSR count). The van der Waals surface area contributed by atoms with Crippen molar-refractivity contribution in [3.8, 4) is 23.0 Å². The third-order valence-electron chi connectivity index (χ3n) is 3.84. The monoisotopic (exact) mass is 626 g/mol. The van der Waals surface area contributed by atoms with Gasteiger partial charge in [0, 0.05) is 0 Å². The van der Waals surface area contributed by atoms with Gasteiger partial charge in [0.1, 0.15) is 23.0 Å². The third-order valence-corrected chi connectivity index (χ3v) is 7.37. The Morgan fingerprint density at radius 3 is 0.743 bits per heavy atom. The summed E-state index contributed by atoms with van der Waals surface area (Å²) in [4.78, 5) is 0. The van der Waals surface area contributed by atoms with Gasteiger partial charge in [0.2, 0.25) is 0 Å². The Kier molecular flexibility index (Phi) is 12.9. The van der Waals surface area contributed by atoms with Crippen LogP contribution < -0.4 is 18.1 Å². The molecule has 0 aliphatic heterocycles. The molecule has 0 saturated carbocycles. The molecule has 0 unspecified atom stereocenters. The van der Waals surface area contributed by atoms with Gasteiger partial charge in [-0.15, -0.1) is 0 Å². The molecule has 35 heavy (non-hydrogen) atoms. The Morgan fingerprint density at radius 2 is 0.571 bits per heavy atom. The number of hydrogen-bond acceptors (Lipinski definition) is 8. The third kappa shape index (κ3) is 12.0. The van der Waals surface area contributed by atoms with E-state index in [1.165, 1.54) is 0 Å². The molecule has 0 heterocycles. The molecule has 0 aliphatic carbocycles. The van der Waals surface area contributed by atoms with Crippen LogP contribution in [0.5, 0.6) is 23.0 Å². The smallest absolute Gasteiger partial charge is 0.665 e. The maximum absolute atomic E-state index is 5.52. The van der Waals surface area contributed by atoms with Crippen molar-refractivity contribution in [1.82, 2.24) is 0 Å². The molecule has 0 radical (unpaired) electrons. The molecule has 176 valence electrons. The summed E-state index contributed by atoms with van der Waals surface area (Å²) in [7, 11) is 0. The molecule has 4 nitrogen and oxygen atoms in total. The van der Waals surface area contributed by atoms with Crippen molar-refractivity contribution in [2.45, 2.75) is 0 Å². The second kappa shape index (κ2) is 15.1. The van der Waals surface area contributed by atoms with Crippen molar-refractivity contribution in [2.75, 3.05) is 0 Å². The second-order valence-electron chi connectivity index (χ2n) is 6.51. The minimum atomic E-state index is -2.72. The van der Waals surface area contributed by atoms with Crippen molar-refractivity contribution >= 4 is 59.5 Å². The molecule has 11 heteroatoms. The van der Waals surface area contributed by atoms with Gasteiger partial charge in [0.25, 0.3) is 0 Å². The van der Waals surface area contributed by atoms with Crippen molar-refractivity contribution < 1.29 is 37.6 Å². The summed E-state index contributed by atoms with van der Waals surface area (Å²) in [6, 6.07) is 37.0. The van der Waals surface area contributed by atoms with Gasteiger partial charge < -0.3 is 42.6 Å². The van der Waals surface area contributed by atoms with Crippen LogP contribution in [-0.2, 0) is 67.6 Å². The average molecular weight is 628 g/mol. The SMILES string of the molecule is S=P([S-])(Oc1ccccc1)Oc1ccccc1.S=P([S-])(Oc1ccccc1)Oc1ccccc1.[Zn+2]. The summed E-state index contributed by atoms with van der Waals surface area (Å²) in [6.07, 6.45) is 0. The quantitative estimate of drug-likeness (QED) is 0.111. The van der Waals surface area contributed by atoms with Crippen LogP contribution in [0.2, 0.25) is 0 Å². The normalized spacial score (nSPS) is 10.6. The first-order chi connectivity index (χ1) is 16.3. The van der Waals surface area contributed by atoms with Gasteiger partial charge >= 0.3 is 19.5 Å². The summed E-state index contributed by atoms with van der Waals surface area (Å²) in [5.74, 6) is 2.56. The van der Waals surface area contributed by atoms with Crippen LogP contribution in [0.15, 0.2) is 121 Å². The Balaban J connectivity index is 0.000000240. The molecule has 0 fully saturated rings. The van der Waals surface area contributed by atoms with Gasteiger partial charge in [-0.25, -0.2) is 0 Å². The van der Waals surface area contributed by atoms with E-state index in [1.54, 1.807) is 0 Å². The molecule has 0 N–H and O–H groups in total. The minimum Gasteiger partial charge on any atom is -0.665 e. The second-order valence-corrected chi connectivity index (χ2v) is 16.2. The number of hydrogen-bond donors (Lipinski definition) is 0.